The van der Waals surface area contributed by atoms with Crippen molar-refractivity contribution < 1.29 is 13.9 Å². The number of rotatable bonds is 2. The first-order valence-electron chi connectivity index (χ1n) is 8.77. The van der Waals surface area contributed by atoms with Crippen molar-refractivity contribution in [1.29, 1.82) is 0 Å². The van der Waals surface area contributed by atoms with Gasteiger partial charge in [-0.1, -0.05) is 0 Å². The van der Waals surface area contributed by atoms with Gasteiger partial charge in [0.2, 0.25) is 5.91 Å². The van der Waals surface area contributed by atoms with Crippen LogP contribution in [0.3, 0.4) is 0 Å². The minimum absolute atomic E-state index is 0.0622. The zero-order chi connectivity index (χ0) is 19.7. The van der Waals surface area contributed by atoms with Gasteiger partial charge in [-0.15, -0.1) is 0 Å². The Morgan fingerprint density at radius 1 is 1.25 bits per heavy atom. The van der Waals surface area contributed by atoms with Gasteiger partial charge in [0.15, 0.2) is 0 Å². The summed E-state index contributed by atoms with van der Waals surface area (Å²) in [5.74, 6) is 5.16. The third-order valence-corrected chi connectivity index (χ3v) is 4.51. The normalized spacial score (nSPS) is 15.4. The zero-order valence-corrected chi connectivity index (χ0v) is 15.1. The number of carbonyl (C=O) groups is 1. The van der Waals surface area contributed by atoms with Gasteiger partial charge in [-0.05, 0) is 55.2 Å². The standard InChI is InChI=1S/C21H17FN4O2/c1-13-10-20-18(12-28-13)19(25-26(20)17-7-3-15(22)4-8-17)9-6-16-5-2-14(11-24-16)21(23)27/h2-5,7-8,11,13H,10,12H2,1H3,(H2,23,27)/t13-/m0/s1. The number of benzene rings is 1. The van der Waals surface area contributed by atoms with E-state index in [1.54, 1.807) is 28.9 Å². The molecule has 0 bridgehead atoms. The summed E-state index contributed by atoms with van der Waals surface area (Å²) in [6.07, 6.45) is 2.14. The topological polar surface area (TPSA) is 83.0 Å². The largest absolute Gasteiger partial charge is 0.373 e. The van der Waals surface area contributed by atoms with Gasteiger partial charge < -0.3 is 10.5 Å². The molecule has 1 aromatic carbocycles. The Bertz CT molecular complexity index is 1090. The first kappa shape index (κ1) is 17.9. The number of pyridine rings is 1. The van der Waals surface area contributed by atoms with Crippen molar-refractivity contribution in [3.8, 4) is 17.5 Å². The van der Waals surface area contributed by atoms with Crippen LogP contribution in [0.5, 0.6) is 0 Å². The van der Waals surface area contributed by atoms with E-state index in [2.05, 4.69) is 21.9 Å². The minimum atomic E-state index is -0.537. The second-order valence-electron chi connectivity index (χ2n) is 6.53. The van der Waals surface area contributed by atoms with Gasteiger partial charge >= 0.3 is 0 Å². The van der Waals surface area contributed by atoms with Crippen LogP contribution in [0, 0.1) is 17.7 Å². The fourth-order valence-corrected chi connectivity index (χ4v) is 3.04. The van der Waals surface area contributed by atoms with Crippen LogP contribution in [0.1, 0.15) is 39.9 Å². The van der Waals surface area contributed by atoms with Crippen molar-refractivity contribution >= 4 is 5.91 Å². The number of ether oxygens (including phenoxy) is 1. The highest BCUT2D eigenvalue weighted by Crippen LogP contribution is 2.26. The Labute approximate surface area is 161 Å². The minimum Gasteiger partial charge on any atom is -0.373 e. The molecular formula is C21H17FN4O2. The number of nitrogens with zero attached hydrogens (tertiary/aromatic N) is 3. The van der Waals surface area contributed by atoms with Crippen molar-refractivity contribution in [2.24, 2.45) is 5.73 Å². The summed E-state index contributed by atoms with van der Waals surface area (Å²) in [5.41, 5.74) is 9.33. The molecule has 1 aliphatic heterocycles. The Morgan fingerprint density at radius 3 is 2.71 bits per heavy atom. The van der Waals surface area contributed by atoms with Gasteiger partial charge in [0.1, 0.15) is 17.2 Å². The van der Waals surface area contributed by atoms with E-state index < -0.39 is 5.91 Å². The molecule has 0 aliphatic carbocycles. The van der Waals surface area contributed by atoms with E-state index in [0.717, 1.165) is 16.9 Å². The van der Waals surface area contributed by atoms with E-state index in [9.17, 15) is 9.18 Å². The number of primary amides is 1. The maximum atomic E-state index is 13.3. The molecule has 1 atom stereocenters. The van der Waals surface area contributed by atoms with Crippen LogP contribution in [-0.2, 0) is 17.8 Å². The Balaban J connectivity index is 1.73. The van der Waals surface area contributed by atoms with E-state index in [-0.39, 0.29) is 11.9 Å². The number of carbonyl (C=O) groups excluding carboxylic acids is 1. The molecule has 0 spiro atoms. The number of amides is 1. The quantitative estimate of drug-likeness (QED) is 0.696. The number of aromatic nitrogens is 3. The van der Waals surface area contributed by atoms with Crippen LogP contribution in [0.25, 0.3) is 5.69 Å². The predicted octanol–water partition coefficient (Wildman–Crippen LogP) is 2.37. The van der Waals surface area contributed by atoms with Crippen molar-refractivity contribution in [2.75, 3.05) is 0 Å². The molecule has 2 N–H and O–H groups in total. The molecule has 3 aromatic rings. The van der Waals surface area contributed by atoms with E-state index in [4.69, 9.17) is 10.5 Å². The first-order valence-corrected chi connectivity index (χ1v) is 8.77. The van der Waals surface area contributed by atoms with Crippen molar-refractivity contribution in [3.63, 3.8) is 0 Å². The summed E-state index contributed by atoms with van der Waals surface area (Å²) in [7, 11) is 0. The highest BCUT2D eigenvalue weighted by Gasteiger charge is 2.24. The summed E-state index contributed by atoms with van der Waals surface area (Å²) < 4.78 is 20.8. The van der Waals surface area contributed by atoms with Crippen molar-refractivity contribution in [3.05, 3.63) is 76.6 Å². The monoisotopic (exact) mass is 376 g/mol. The predicted molar refractivity (Wildman–Crippen MR) is 100 cm³/mol. The fourth-order valence-electron chi connectivity index (χ4n) is 3.04. The number of nitrogens with two attached hydrogens (primary N) is 1. The van der Waals surface area contributed by atoms with Crippen molar-refractivity contribution in [1.82, 2.24) is 14.8 Å². The van der Waals surface area contributed by atoms with Gasteiger partial charge in [-0.2, -0.15) is 5.10 Å². The zero-order valence-electron chi connectivity index (χ0n) is 15.1. The van der Waals surface area contributed by atoms with Crippen LogP contribution < -0.4 is 5.73 Å². The van der Waals surface area contributed by atoms with Crippen LogP contribution in [0.15, 0.2) is 42.6 Å². The maximum Gasteiger partial charge on any atom is 0.250 e. The van der Waals surface area contributed by atoms with E-state index in [1.165, 1.54) is 18.3 Å². The summed E-state index contributed by atoms with van der Waals surface area (Å²) in [4.78, 5) is 15.3. The van der Waals surface area contributed by atoms with Gasteiger partial charge in [0.05, 0.1) is 29.7 Å². The Hall–Kier alpha value is -3.50. The molecule has 28 heavy (non-hydrogen) atoms. The van der Waals surface area contributed by atoms with Gasteiger partial charge in [-0.25, -0.2) is 14.1 Å². The third-order valence-electron chi connectivity index (χ3n) is 4.51. The van der Waals surface area contributed by atoms with Gasteiger partial charge in [0, 0.05) is 18.2 Å². The highest BCUT2D eigenvalue weighted by atomic mass is 19.1. The van der Waals surface area contributed by atoms with Crippen LogP contribution in [0.2, 0.25) is 0 Å². The molecule has 6 nitrogen and oxygen atoms in total. The molecule has 140 valence electrons. The van der Waals surface area contributed by atoms with Crippen LogP contribution >= 0.6 is 0 Å². The van der Waals surface area contributed by atoms with E-state index >= 15 is 0 Å². The molecule has 0 fully saturated rings. The molecule has 0 saturated heterocycles. The Morgan fingerprint density at radius 2 is 2.04 bits per heavy atom. The third kappa shape index (κ3) is 3.50. The molecule has 7 heteroatoms. The smallest absolute Gasteiger partial charge is 0.250 e. The highest BCUT2D eigenvalue weighted by molar-refractivity contribution is 5.92. The van der Waals surface area contributed by atoms with Gasteiger partial charge in [0.25, 0.3) is 0 Å². The number of fused-ring (bicyclic) bond motifs is 1. The SMILES string of the molecule is C[C@H]1Cc2c(c(C#Cc3ccc(C(N)=O)cn3)nn2-c2ccc(F)cc2)CO1. The van der Waals surface area contributed by atoms with E-state index in [1.807, 2.05) is 6.92 Å². The maximum absolute atomic E-state index is 13.3. The van der Waals surface area contributed by atoms with E-state index in [0.29, 0.717) is 30.0 Å². The summed E-state index contributed by atoms with van der Waals surface area (Å²) in [6.45, 7) is 2.41. The fraction of sp³-hybridized carbons (Fsp3) is 0.190. The number of hydrogen-bond acceptors (Lipinski definition) is 4. The first-order chi connectivity index (χ1) is 13.5. The molecule has 3 heterocycles. The molecule has 0 saturated carbocycles. The second kappa shape index (κ2) is 7.25. The second-order valence-corrected chi connectivity index (χ2v) is 6.53. The lowest BCUT2D eigenvalue weighted by atomic mass is 10.1. The molecular weight excluding hydrogens is 359 g/mol. The summed E-state index contributed by atoms with van der Waals surface area (Å²) >= 11 is 0. The van der Waals surface area contributed by atoms with Gasteiger partial charge in [-0.3, -0.25) is 4.79 Å². The lowest BCUT2D eigenvalue weighted by Gasteiger charge is -2.20. The molecule has 0 unspecified atom stereocenters. The average Bonchev–Trinajstić information content (AvgIpc) is 3.05. The molecule has 4 rings (SSSR count). The molecule has 1 amide bonds. The number of halogens is 1. The average molecular weight is 376 g/mol. The molecule has 1 aliphatic rings. The van der Waals surface area contributed by atoms with Crippen LogP contribution in [-0.4, -0.2) is 26.8 Å². The lowest BCUT2D eigenvalue weighted by molar-refractivity contribution is 0.0397. The van der Waals surface area contributed by atoms with Crippen LogP contribution in [0.4, 0.5) is 4.39 Å². The lowest BCUT2D eigenvalue weighted by Crippen LogP contribution is -2.21. The van der Waals surface area contributed by atoms with Crippen molar-refractivity contribution in [2.45, 2.75) is 26.1 Å². The molecule has 2 aromatic heterocycles. The summed E-state index contributed by atoms with van der Waals surface area (Å²) in [5, 5.41) is 4.63. The Kier molecular flexibility index (Phi) is 4.63. The number of hydrogen-bond donors (Lipinski definition) is 1. The molecule has 0 radical (unpaired) electrons. The summed E-state index contributed by atoms with van der Waals surface area (Å²) in [6, 6.07) is 9.39.